The van der Waals surface area contributed by atoms with Crippen LogP contribution in [0.3, 0.4) is 0 Å². The number of ketones is 1. The number of nitrogens with zero attached hydrogens (tertiary/aromatic N) is 2. The Morgan fingerprint density at radius 2 is 1.73 bits per heavy atom. The predicted octanol–water partition coefficient (Wildman–Crippen LogP) is 2.73. The number of nitro groups is 1. The number of non-ortho nitro benzene ring substituents is 1. The van der Waals surface area contributed by atoms with E-state index < -0.39 is 4.92 Å². The second kappa shape index (κ2) is 6.71. The molecule has 0 aliphatic rings. The van der Waals surface area contributed by atoms with Crippen LogP contribution < -0.4 is 14.2 Å². The number of nitrogens with one attached hydrogen (secondary N) is 1. The van der Waals surface area contributed by atoms with E-state index in [9.17, 15) is 14.9 Å². The fourth-order valence-electron chi connectivity index (χ4n) is 2.64. The number of H-pyrrole nitrogens is 1. The molecule has 3 aromatic rings. The van der Waals surface area contributed by atoms with Gasteiger partial charge in [-0.3, -0.25) is 20.0 Å². The lowest BCUT2D eigenvalue weighted by atomic mass is 10.0. The summed E-state index contributed by atoms with van der Waals surface area (Å²) in [7, 11) is 4.37. The van der Waals surface area contributed by atoms with Crippen molar-refractivity contribution in [2.24, 2.45) is 0 Å². The number of rotatable bonds is 6. The number of hydrogen-bond acceptors (Lipinski definition) is 7. The maximum atomic E-state index is 12.9. The van der Waals surface area contributed by atoms with Crippen LogP contribution in [0, 0.1) is 10.1 Å². The van der Waals surface area contributed by atoms with Crippen LogP contribution in [-0.2, 0) is 0 Å². The Hall–Kier alpha value is -3.62. The average molecular weight is 357 g/mol. The highest BCUT2D eigenvalue weighted by molar-refractivity contribution is 6.15. The molecular formula is C17H15N3O6. The van der Waals surface area contributed by atoms with Crippen molar-refractivity contribution >= 4 is 22.4 Å². The summed E-state index contributed by atoms with van der Waals surface area (Å²) in [6.45, 7) is 0. The second-order valence-electron chi connectivity index (χ2n) is 5.30. The van der Waals surface area contributed by atoms with Crippen molar-refractivity contribution in [2.45, 2.75) is 0 Å². The zero-order valence-corrected chi connectivity index (χ0v) is 14.2. The minimum absolute atomic E-state index is 0.0899. The maximum Gasteiger partial charge on any atom is 0.271 e. The van der Waals surface area contributed by atoms with Gasteiger partial charge in [-0.25, -0.2) is 0 Å². The van der Waals surface area contributed by atoms with E-state index in [4.69, 9.17) is 14.2 Å². The summed E-state index contributed by atoms with van der Waals surface area (Å²) in [5.41, 5.74) is 0.735. The number of methoxy groups -OCH3 is 3. The normalized spacial score (nSPS) is 10.6. The predicted molar refractivity (Wildman–Crippen MR) is 92.3 cm³/mol. The van der Waals surface area contributed by atoms with Crippen molar-refractivity contribution in [3.63, 3.8) is 0 Å². The van der Waals surface area contributed by atoms with Crippen LogP contribution in [-0.4, -0.2) is 42.2 Å². The molecule has 0 unspecified atom stereocenters. The van der Waals surface area contributed by atoms with Crippen molar-refractivity contribution in [3.05, 3.63) is 51.7 Å². The lowest BCUT2D eigenvalue weighted by Crippen LogP contribution is -2.05. The fraction of sp³-hybridized carbons (Fsp3) is 0.176. The molecule has 0 saturated heterocycles. The molecule has 1 heterocycles. The SMILES string of the molecule is COc1cc(C(=O)c2n[nH]c3cc([N+](=O)[O-])ccc23)cc(OC)c1OC. The molecule has 9 nitrogen and oxygen atoms in total. The van der Waals surface area contributed by atoms with Gasteiger partial charge in [0.25, 0.3) is 5.69 Å². The summed E-state index contributed by atoms with van der Waals surface area (Å²) in [6.07, 6.45) is 0. The molecule has 0 fully saturated rings. The third-order valence-corrected chi connectivity index (χ3v) is 3.90. The highest BCUT2D eigenvalue weighted by Gasteiger charge is 2.22. The van der Waals surface area contributed by atoms with Crippen LogP contribution in [0.2, 0.25) is 0 Å². The van der Waals surface area contributed by atoms with Crippen LogP contribution in [0.15, 0.2) is 30.3 Å². The quantitative estimate of drug-likeness (QED) is 0.409. The highest BCUT2D eigenvalue weighted by atomic mass is 16.6. The molecule has 134 valence electrons. The van der Waals surface area contributed by atoms with Crippen LogP contribution in [0.25, 0.3) is 10.9 Å². The zero-order chi connectivity index (χ0) is 18.8. The number of aromatic amines is 1. The summed E-state index contributed by atoms with van der Waals surface area (Å²) in [5, 5.41) is 18.0. The third-order valence-electron chi connectivity index (χ3n) is 3.90. The molecule has 0 saturated carbocycles. The number of carbonyl (C=O) groups excluding carboxylic acids is 1. The van der Waals surface area contributed by atoms with Crippen LogP contribution >= 0.6 is 0 Å². The summed E-state index contributed by atoms with van der Waals surface area (Å²) in [5.74, 6) is 0.662. The Balaban J connectivity index is 2.10. The molecule has 3 rings (SSSR count). The Kier molecular flexibility index (Phi) is 4.44. The minimum Gasteiger partial charge on any atom is -0.493 e. The molecule has 9 heteroatoms. The monoisotopic (exact) mass is 357 g/mol. The Morgan fingerprint density at radius 3 is 2.27 bits per heavy atom. The van der Waals surface area contributed by atoms with Crippen molar-refractivity contribution < 1.29 is 23.9 Å². The third kappa shape index (κ3) is 2.79. The molecule has 1 aromatic heterocycles. The van der Waals surface area contributed by atoms with Gasteiger partial charge in [-0.15, -0.1) is 0 Å². The van der Waals surface area contributed by atoms with E-state index in [2.05, 4.69) is 10.2 Å². The van der Waals surface area contributed by atoms with Crippen molar-refractivity contribution in [3.8, 4) is 17.2 Å². The molecule has 0 radical (unpaired) electrons. The molecule has 0 atom stereocenters. The van der Waals surface area contributed by atoms with Crippen LogP contribution in [0.5, 0.6) is 17.2 Å². The number of ether oxygens (including phenoxy) is 3. The number of benzene rings is 2. The Morgan fingerprint density at radius 1 is 1.08 bits per heavy atom. The molecule has 0 amide bonds. The number of hydrogen-bond donors (Lipinski definition) is 1. The van der Waals surface area contributed by atoms with E-state index in [1.807, 2.05) is 0 Å². The summed E-state index contributed by atoms with van der Waals surface area (Å²) < 4.78 is 15.8. The summed E-state index contributed by atoms with van der Waals surface area (Å²) in [6, 6.07) is 7.19. The van der Waals surface area contributed by atoms with E-state index in [0.717, 1.165) is 0 Å². The lowest BCUT2D eigenvalue weighted by molar-refractivity contribution is -0.384. The molecule has 2 aromatic carbocycles. The number of aromatic nitrogens is 2. The van der Waals surface area contributed by atoms with Crippen LogP contribution in [0.1, 0.15) is 16.1 Å². The first kappa shape index (κ1) is 17.2. The first-order chi connectivity index (χ1) is 12.5. The van der Waals surface area contributed by atoms with E-state index >= 15 is 0 Å². The van der Waals surface area contributed by atoms with E-state index in [1.165, 1.54) is 51.7 Å². The van der Waals surface area contributed by atoms with Crippen molar-refractivity contribution in [2.75, 3.05) is 21.3 Å². The van der Waals surface area contributed by atoms with Gasteiger partial charge >= 0.3 is 0 Å². The van der Waals surface area contributed by atoms with Gasteiger partial charge in [0.15, 0.2) is 11.5 Å². The first-order valence-electron chi connectivity index (χ1n) is 7.47. The van der Waals surface area contributed by atoms with E-state index in [-0.39, 0.29) is 22.7 Å². The molecule has 26 heavy (non-hydrogen) atoms. The van der Waals surface area contributed by atoms with Crippen molar-refractivity contribution in [1.29, 1.82) is 0 Å². The van der Waals surface area contributed by atoms with Crippen LogP contribution in [0.4, 0.5) is 5.69 Å². The molecule has 0 bridgehead atoms. The Labute approximate surface area is 147 Å². The second-order valence-corrected chi connectivity index (χ2v) is 5.30. The molecular weight excluding hydrogens is 342 g/mol. The Bertz CT molecular complexity index is 986. The van der Waals surface area contributed by atoms with Gasteiger partial charge in [0.05, 0.1) is 31.8 Å². The highest BCUT2D eigenvalue weighted by Crippen LogP contribution is 2.39. The molecule has 0 spiro atoms. The standard InChI is InChI=1S/C17H15N3O6/c1-24-13-6-9(7-14(25-2)17(13)26-3)16(21)15-11-5-4-10(20(22)23)8-12(11)18-19-15/h4-8H,1-3H3,(H,18,19). The average Bonchev–Trinajstić information content (AvgIpc) is 3.09. The lowest BCUT2D eigenvalue weighted by Gasteiger charge is -2.13. The van der Waals surface area contributed by atoms with Gasteiger partial charge in [0.2, 0.25) is 11.5 Å². The van der Waals surface area contributed by atoms with E-state index in [1.54, 1.807) is 0 Å². The van der Waals surface area contributed by atoms with Gasteiger partial charge in [0, 0.05) is 23.1 Å². The van der Waals surface area contributed by atoms with Crippen molar-refractivity contribution in [1.82, 2.24) is 10.2 Å². The number of fused-ring (bicyclic) bond motifs is 1. The zero-order valence-electron chi connectivity index (χ0n) is 14.2. The fourth-order valence-corrected chi connectivity index (χ4v) is 2.64. The van der Waals surface area contributed by atoms with Gasteiger partial charge < -0.3 is 14.2 Å². The van der Waals surface area contributed by atoms with Gasteiger partial charge in [0.1, 0.15) is 5.69 Å². The summed E-state index contributed by atoms with van der Waals surface area (Å²) in [4.78, 5) is 23.3. The van der Waals surface area contributed by atoms with E-state index in [0.29, 0.717) is 28.2 Å². The molecule has 0 aliphatic heterocycles. The number of nitro benzene ring substituents is 1. The number of carbonyl (C=O) groups is 1. The topological polar surface area (TPSA) is 117 Å². The minimum atomic E-state index is -0.513. The molecule has 0 aliphatic carbocycles. The maximum absolute atomic E-state index is 12.9. The van der Waals surface area contributed by atoms with Gasteiger partial charge in [-0.05, 0) is 18.2 Å². The van der Waals surface area contributed by atoms with Gasteiger partial charge in [-0.2, -0.15) is 5.10 Å². The smallest absolute Gasteiger partial charge is 0.271 e. The largest absolute Gasteiger partial charge is 0.493 e. The first-order valence-corrected chi connectivity index (χ1v) is 7.47. The van der Waals surface area contributed by atoms with Gasteiger partial charge in [-0.1, -0.05) is 0 Å². The molecule has 1 N–H and O–H groups in total. The summed E-state index contributed by atoms with van der Waals surface area (Å²) >= 11 is 0.